The zero-order valence-electron chi connectivity index (χ0n) is 9.55. The Bertz CT molecular complexity index is 559. The summed E-state index contributed by atoms with van der Waals surface area (Å²) in [5.74, 6) is -4.04. The van der Waals surface area contributed by atoms with E-state index < -0.39 is 39.3 Å². The third-order valence-corrected chi connectivity index (χ3v) is 4.28. The minimum Gasteiger partial charge on any atom is -0.390 e. The number of aliphatic hydroxyl groups is 1. The number of nitrogens with zero attached hydrogens (tertiary/aromatic N) is 2. The van der Waals surface area contributed by atoms with Crippen molar-refractivity contribution in [3.63, 3.8) is 0 Å². The summed E-state index contributed by atoms with van der Waals surface area (Å²) in [6, 6.07) is 0. The second-order valence-corrected chi connectivity index (χ2v) is 6.31. The Morgan fingerprint density at radius 2 is 2.11 bits per heavy atom. The van der Waals surface area contributed by atoms with Crippen molar-refractivity contribution in [1.82, 2.24) is 14.9 Å². The highest BCUT2D eigenvalue weighted by molar-refractivity contribution is 7.91. The van der Waals surface area contributed by atoms with E-state index in [1.165, 1.54) is 6.92 Å². The topological polar surface area (TPSA) is 121 Å². The van der Waals surface area contributed by atoms with Crippen LogP contribution in [0.2, 0.25) is 0 Å². The number of carbonyl (C=O) groups excluding carboxylic acids is 1. The van der Waals surface area contributed by atoms with E-state index in [-0.39, 0.29) is 5.13 Å². The Kier molecular flexibility index (Phi) is 4.84. The van der Waals surface area contributed by atoms with Crippen molar-refractivity contribution in [2.75, 3.05) is 18.5 Å². The van der Waals surface area contributed by atoms with Gasteiger partial charge in [0.1, 0.15) is 6.61 Å². The largest absolute Gasteiger partial charge is 0.390 e. The minimum absolute atomic E-state index is 0.0678. The molecule has 0 atom stereocenters. The molecule has 1 aromatic heterocycles. The van der Waals surface area contributed by atoms with Crippen LogP contribution < -0.4 is 10.0 Å². The molecule has 0 saturated heterocycles. The normalized spacial score (nSPS) is 12.4. The van der Waals surface area contributed by atoms with Crippen LogP contribution >= 0.6 is 11.3 Å². The third kappa shape index (κ3) is 4.74. The summed E-state index contributed by atoms with van der Waals surface area (Å²) in [5, 5.41) is 17.1. The number of carbonyl (C=O) groups is 1. The average molecular weight is 316 g/mol. The maximum Gasteiger partial charge on any atom is 0.283 e. The van der Waals surface area contributed by atoms with Crippen molar-refractivity contribution in [2.24, 2.45) is 0 Å². The maximum absolute atomic E-state index is 12.7. The summed E-state index contributed by atoms with van der Waals surface area (Å²) in [6.07, 6.45) is 0. The molecule has 0 spiro atoms. The number of hydrogen-bond acceptors (Lipinski definition) is 7. The van der Waals surface area contributed by atoms with E-state index in [0.717, 1.165) is 0 Å². The lowest BCUT2D eigenvalue weighted by atomic mass is 10.4. The third-order valence-electron chi connectivity index (χ3n) is 1.67. The summed E-state index contributed by atoms with van der Waals surface area (Å²) in [6.45, 7) is -1.56. The molecule has 0 fully saturated rings. The van der Waals surface area contributed by atoms with Gasteiger partial charge in [0.05, 0.1) is 6.54 Å². The molecule has 0 aliphatic rings. The summed E-state index contributed by atoms with van der Waals surface area (Å²) < 4.78 is 49.6. The number of aromatic nitrogens is 2. The summed E-state index contributed by atoms with van der Waals surface area (Å²) in [7, 11) is -4.27. The van der Waals surface area contributed by atoms with Crippen molar-refractivity contribution in [3.05, 3.63) is 0 Å². The van der Waals surface area contributed by atoms with E-state index in [2.05, 4.69) is 15.5 Å². The quantitative estimate of drug-likeness (QED) is 0.603. The molecule has 0 aliphatic heterocycles. The molecular weight excluding hydrogens is 306 g/mol. The number of amides is 1. The lowest BCUT2D eigenvalue weighted by molar-refractivity contribution is -0.114. The van der Waals surface area contributed by atoms with Crippen LogP contribution in [0.1, 0.15) is 6.92 Å². The van der Waals surface area contributed by atoms with Crippen LogP contribution in [-0.2, 0) is 14.8 Å². The number of hydrogen-bond donors (Lipinski definition) is 3. The molecule has 0 unspecified atom stereocenters. The predicted octanol–water partition coefficient (Wildman–Crippen LogP) is -0.598. The molecule has 0 radical (unpaired) electrons. The van der Waals surface area contributed by atoms with E-state index in [0.29, 0.717) is 11.3 Å². The van der Waals surface area contributed by atoms with Crippen molar-refractivity contribution < 1.29 is 27.1 Å². The standard InChI is InChI=1S/C7H10F2N4O4S2/c1-4(15)11-5-12-13-6(18-5)19(16,17)10-2-7(8,9)3-14/h10,14H,2-3H2,1H3,(H,11,12,15). The highest BCUT2D eigenvalue weighted by atomic mass is 32.2. The summed E-state index contributed by atoms with van der Waals surface area (Å²) >= 11 is 0.514. The van der Waals surface area contributed by atoms with Crippen molar-refractivity contribution in [1.29, 1.82) is 0 Å². The Morgan fingerprint density at radius 1 is 1.47 bits per heavy atom. The fourth-order valence-corrected chi connectivity index (χ4v) is 2.89. The van der Waals surface area contributed by atoms with Crippen LogP contribution in [0.25, 0.3) is 0 Å². The molecule has 3 N–H and O–H groups in total. The highest BCUT2D eigenvalue weighted by Crippen LogP contribution is 2.20. The van der Waals surface area contributed by atoms with Crippen LogP contribution in [0.3, 0.4) is 0 Å². The van der Waals surface area contributed by atoms with Crippen LogP contribution in [0, 0.1) is 0 Å². The molecule has 0 aromatic carbocycles. The van der Waals surface area contributed by atoms with Gasteiger partial charge >= 0.3 is 0 Å². The Hall–Kier alpha value is -1.24. The molecule has 1 heterocycles. The number of alkyl halides is 2. The number of halogens is 2. The van der Waals surface area contributed by atoms with Crippen LogP contribution in [-0.4, -0.2) is 48.7 Å². The van der Waals surface area contributed by atoms with Gasteiger partial charge in [-0.1, -0.05) is 11.3 Å². The van der Waals surface area contributed by atoms with Gasteiger partial charge in [0.25, 0.3) is 15.9 Å². The molecule has 108 valence electrons. The van der Waals surface area contributed by atoms with Gasteiger partial charge in [-0.2, -0.15) is 0 Å². The number of rotatable bonds is 6. The van der Waals surface area contributed by atoms with Crippen molar-refractivity contribution >= 4 is 32.4 Å². The monoisotopic (exact) mass is 316 g/mol. The number of anilines is 1. The Morgan fingerprint density at radius 3 is 2.63 bits per heavy atom. The first-order valence-electron chi connectivity index (χ1n) is 4.76. The van der Waals surface area contributed by atoms with Gasteiger partial charge < -0.3 is 10.4 Å². The van der Waals surface area contributed by atoms with E-state index >= 15 is 0 Å². The van der Waals surface area contributed by atoms with E-state index in [1.807, 2.05) is 0 Å². The lowest BCUT2D eigenvalue weighted by Gasteiger charge is -2.12. The molecular formula is C7H10F2N4O4S2. The first-order chi connectivity index (χ1) is 8.66. The molecule has 1 aromatic rings. The molecule has 8 nitrogen and oxygen atoms in total. The van der Waals surface area contributed by atoms with E-state index in [9.17, 15) is 22.0 Å². The first-order valence-corrected chi connectivity index (χ1v) is 7.06. The van der Waals surface area contributed by atoms with Gasteiger partial charge in [-0.05, 0) is 0 Å². The van der Waals surface area contributed by atoms with Crippen molar-refractivity contribution in [3.8, 4) is 0 Å². The number of sulfonamides is 1. The number of nitrogens with one attached hydrogen (secondary N) is 2. The fourth-order valence-electron chi connectivity index (χ4n) is 0.838. The molecule has 12 heteroatoms. The van der Waals surface area contributed by atoms with Crippen LogP contribution in [0.5, 0.6) is 0 Å². The van der Waals surface area contributed by atoms with Crippen LogP contribution in [0.15, 0.2) is 4.34 Å². The van der Waals surface area contributed by atoms with E-state index in [1.54, 1.807) is 4.72 Å². The minimum atomic E-state index is -4.27. The van der Waals surface area contributed by atoms with E-state index in [4.69, 9.17) is 5.11 Å². The van der Waals surface area contributed by atoms with Gasteiger partial charge in [-0.15, -0.1) is 10.2 Å². The highest BCUT2D eigenvalue weighted by Gasteiger charge is 2.31. The Labute approximate surface area is 110 Å². The zero-order chi connectivity index (χ0) is 14.7. The Balaban J connectivity index is 2.78. The molecule has 19 heavy (non-hydrogen) atoms. The van der Waals surface area contributed by atoms with Crippen LogP contribution in [0.4, 0.5) is 13.9 Å². The molecule has 1 rings (SSSR count). The smallest absolute Gasteiger partial charge is 0.283 e. The SMILES string of the molecule is CC(=O)Nc1nnc(S(=O)(=O)NCC(F)(F)CO)s1. The molecule has 0 aliphatic carbocycles. The summed E-state index contributed by atoms with van der Waals surface area (Å²) in [4.78, 5) is 10.7. The molecule has 1 amide bonds. The second-order valence-electron chi connectivity index (χ2n) is 3.39. The second kappa shape index (κ2) is 5.81. The maximum atomic E-state index is 12.7. The lowest BCUT2D eigenvalue weighted by Crippen LogP contribution is -2.38. The zero-order valence-corrected chi connectivity index (χ0v) is 11.2. The van der Waals surface area contributed by atoms with Gasteiger partial charge in [-0.3, -0.25) is 4.79 Å². The molecule has 0 bridgehead atoms. The fraction of sp³-hybridized carbons (Fsp3) is 0.571. The van der Waals surface area contributed by atoms with Gasteiger partial charge in [0.2, 0.25) is 15.4 Å². The predicted molar refractivity (Wildman–Crippen MR) is 61.4 cm³/mol. The molecule has 0 saturated carbocycles. The van der Waals surface area contributed by atoms with Gasteiger partial charge in [-0.25, -0.2) is 21.9 Å². The van der Waals surface area contributed by atoms with Gasteiger partial charge in [0, 0.05) is 6.92 Å². The number of aliphatic hydroxyl groups excluding tert-OH is 1. The van der Waals surface area contributed by atoms with Crippen molar-refractivity contribution in [2.45, 2.75) is 17.2 Å². The summed E-state index contributed by atoms with van der Waals surface area (Å²) in [5.41, 5.74) is 0. The first kappa shape index (κ1) is 15.8. The van der Waals surface area contributed by atoms with Gasteiger partial charge in [0.15, 0.2) is 0 Å². The average Bonchev–Trinajstić information content (AvgIpc) is 2.75.